The number of aromatic nitrogens is 2. The van der Waals surface area contributed by atoms with E-state index < -0.39 is 15.5 Å². The maximum atomic E-state index is 13.0. The summed E-state index contributed by atoms with van der Waals surface area (Å²) in [6.07, 6.45) is 3.67. The van der Waals surface area contributed by atoms with Crippen molar-refractivity contribution in [2.45, 2.75) is 44.2 Å². The largest absolute Gasteiger partial charge is 0.511 e. The molecule has 2 N–H and O–H groups in total. The minimum Gasteiger partial charge on any atom is -0.345 e. The van der Waals surface area contributed by atoms with Crippen molar-refractivity contribution >= 4 is 33.2 Å². The molecule has 1 aliphatic carbocycles. The zero-order valence-corrected chi connectivity index (χ0v) is 21.0. The van der Waals surface area contributed by atoms with E-state index in [1.54, 1.807) is 16.7 Å². The van der Waals surface area contributed by atoms with Gasteiger partial charge in [0.05, 0.1) is 5.02 Å². The number of amides is 1. The maximum absolute atomic E-state index is 13.0. The van der Waals surface area contributed by atoms with Gasteiger partial charge in [-0.25, -0.2) is 13.4 Å². The van der Waals surface area contributed by atoms with Crippen molar-refractivity contribution in [2.24, 2.45) is 5.41 Å². The van der Waals surface area contributed by atoms with Gasteiger partial charge in [0.2, 0.25) is 5.69 Å². The highest BCUT2D eigenvalue weighted by Crippen LogP contribution is 2.57. The minimum atomic E-state index is -5.25. The first kappa shape index (κ1) is 25.0. The number of benzene rings is 1. The molecule has 2 fully saturated rings. The Hall–Kier alpha value is -2.63. The Labute approximate surface area is 211 Å². The van der Waals surface area contributed by atoms with Crippen LogP contribution in [0.5, 0.6) is 0 Å². The molecule has 2 aromatic heterocycles. The molecule has 1 saturated carbocycles. The van der Waals surface area contributed by atoms with Gasteiger partial charge in [-0.05, 0) is 41.4 Å². The van der Waals surface area contributed by atoms with Crippen LogP contribution in [0, 0.1) is 5.41 Å². The van der Waals surface area contributed by atoms with Gasteiger partial charge in [-0.2, -0.15) is 21.9 Å². The van der Waals surface area contributed by atoms with Crippen LogP contribution in [0.4, 0.5) is 13.2 Å². The Morgan fingerprint density at radius 3 is 2.47 bits per heavy atom. The summed E-state index contributed by atoms with van der Waals surface area (Å²) in [4.78, 5) is 16.2. The predicted octanol–water partition coefficient (Wildman–Crippen LogP) is 3.93. The van der Waals surface area contributed by atoms with E-state index in [1.807, 2.05) is 37.3 Å². The second kappa shape index (κ2) is 8.74. The number of nitrogens with one attached hydrogen (secondary N) is 2. The summed E-state index contributed by atoms with van der Waals surface area (Å²) in [6.45, 7) is 2.14. The van der Waals surface area contributed by atoms with E-state index in [-0.39, 0.29) is 30.3 Å². The van der Waals surface area contributed by atoms with E-state index in [0.717, 1.165) is 22.5 Å². The van der Waals surface area contributed by atoms with Crippen molar-refractivity contribution in [3.05, 3.63) is 70.1 Å². The number of carbonyl (C=O) groups is 1. The SMILES string of the molecule is CCc1[nH]c2ccc(Cl)c[n+]2c1C(=O)NCc1ccc(C2CC3(C2)CN(S(=O)(=O)C(F)(F)F)C3)cc1. The van der Waals surface area contributed by atoms with Crippen LogP contribution < -0.4 is 9.72 Å². The molecule has 1 aliphatic heterocycles. The normalized spacial score (nSPS) is 18.2. The average Bonchev–Trinajstić information content (AvgIpc) is 3.13. The topological polar surface area (TPSA) is 86.4 Å². The summed E-state index contributed by atoms with van der Waals surface area (Å²) in [6, 6.07) is 11.3. The zero-order chi connectivity index (χ0) is 25.9. The Kier molecular flexibility index (Phi) is 6.08. The van der Waals surface area contributed by atoms with Crippen molar-refractivity contribution in [3.8, 4) is 0 Å². The lowest BCUT2D eigenvalue weighted by Gasteiger charge is -2.58. The minimum absolute atomic E-state index is 0.0771. The van der Waals surface area contributed by atoms with Crippen LogP contribution in [0.25, 0.3) is 5.65 Å². The Morgan fingerprint density at radius 1 is 1.19 bits per heavy atom. The van der Waals surface area contributed by atoms with Crippen LogP contribution in [-0.2, 0) is 23.0 Å². The Bertz CT molecular complexity index is 1420. The number of hydrogen-bond donors (Lipinski definition) is 2. The summed E-state index contributed by atoms with van der Waals surface area (Å²) in [5.74, 6) is -0.0393. The molecule has 3 heterocycles. The molecule has 1 saturated heterocycles. The number of sulfonamides is 1. The molecule has 1 spiro atoms. The molecular formula is C24H25ClF3N4O3S+. The van der Waals surface area contributed by atoms with Gasteiger partial charge < -0.3 is 5.32 Å². The summed E-state index contributed by atoms with van der Waals surface area (Å²) in [7, 11) is -5.23. The summed E-state index contributed by atoms with van der Waals surface area (Å²) in [5, 5.41) is 3.47. The molecule has 3 aromatic rings. The molecule has 1 aromatic carbocycles. The molecule has 0 bridgehead atoms. The van der Waals surface area contributed by atoms with Gasteiger partial charge in [0.1, 0.15) is 6.20 Å². The first-order valence-corrected chi connectivity index (χ1v) is 13.4. The number of fused-ring (bicyclic) bond motifs is 1. The number of hydrogen-bond acceptors (Lipinski definition) is 3. The third-order valence-corrected chi connectivity index (χ3v) is 8.95. The van der Waals surface area contributed by atoms with Gasteiger partial charge >= 0.3 is 15.5 Å². The molecule has 7 nitrogen and oxygen atoms in total. The second-order valence-corrected chi connectivity index (χ2v) is 12.0. The van der Waals surface area contributed by atoms with Gasteiger partial charge in [-0.15, -0.1) is 0 Å². The van der Waals surface area contributed by atoms with E-state index in [9.17, 15) is 26.4 Å². The highest BCUT2D eigenvalue weighted by molar-refractivity contribution is 7.90. The Morgan fingerprint density at radius 2 is 1.86 bits per heavy atom. The monoisotopic (exact) mass is 541 g/mol. The van der Waals surface area contributed by atoms with Crippen molar-refractivity contribution < 1.29 is 30.8 Å². The number of carbonyl (C=O) groups excluding carboxylic acids is 1. The van der Waals surface area contributed by atoms with Gasteiger partial charge in [0.15, 0.2) is 5.69 Å². The van der Waals surface area contributed by atoms with Gasteiger partial charge in [-0.3, -0.25) is 4.79 Å². The van der Waals surface area contributed by atoms with Crippen molar-refractivity contribution in [1.82, 2.24) is 14.6 Å². The van der Waals surface area contributed by atoms with E-state index in [0.29, 0.717) is 40.8 Å². The smallest absolute Gasteiger partial charge is 0.345 e. The average molecular weight is 542 g/mol. The number of H-pyrrole nitrogens is 1. The fourth-order valence-electron chi connectivity index (χ4n) is 5.29. The van der Waals surface area contributed by atoms with E-state index in [4.69, 9.17) is 11.6 Å². The van der Waals surface area contributed by atoms with Gasteiger partial charge in [-0.1, -0.05) is 42.8 Å². The molecule has 1 amide bonds. The lowest BCUT2D eigenvalue weighted by atomic mass is 9.57. The zero-order valence-electron chi connectivity index (χ0n) is 19.4. The first-order chi connectivity index (χ1) is 16.9. The lowest BCUT2D eigenvalue weighted by molar-refractivity contribution is -0.513. The molecule has 0 atom stereocenters. The predicted molar refractivity (Wildman–Crippen MR) is 127 cm³/mol. The molecule has 12 heteroatoms. The fourth-order valence-corrected chi connectivity index (χ4v) is 6.64. The third kappa shape index (κ3) is 4.26. The van der Waals surface area contributed by atoms with E-state index in [2.05, 4.69) is 10.3 Å². The summed E-state index contributed by atoms with van der Waals surface area (Å²) >= 11 is 6.11. The number of pyridine rings is 1. The van der Waals surface area contributed by atoms with Crippen molar-refractivity contribution in [3.63, 3.8) is 0 Å². The number of halogens is 4. The molecule has 192 valence electrons. The van der Waals surface area contributed by atoms with Crippen molar-refractivity contribution in [1.29, 1.82) is 0 Å². The quantitative estimate of drug-likeness (QED) is 0.464. The number of aryl methyl sites for hydroxylation is 1. The summed E-state index contributed by atoms with van der Waals surface area (Å²) in [5.41, 5.74) is -1.55. The van der Waals surface area contributed by atoms with Gasteiger partial charge in [0, 0.05) is 32.1 Å². The molecule has 2 aliphatic rings. The van der Waals surface area contributed by atoms with Crippen LogP contribution in [0.15, 0.2) is 42.6 Å². The molecule has 5 rings (SSSR count). The van der Waals surface area contributed by atoms with E-state index in [1.165, 1.54) is 0 Å². The van der Waals surface area contributed by atoms with Gasteiger partial charge in [0.25, 0.3) is 11.6 Å². The highest BCUT2D eigenvalue weighted by atomic mass is 35.5. The number of rotatable bonds is 6. The molecule has 36 heavy (non-hydrogen) atoms. The van der Waals surface area contributed by atoms with Crippen LogP contribution in [0.3, 0.4) is 0 Å². The number of imidazole rings is 1. The molecular weight excluding hydrogens is 517 g/mol. The number of nitrogens with zero attached hydrogens (tertiary/aromatic N) is 2. The third-order valence-electron chi connectivity index (χ3n) is 7.21. The van der Waals surface area contributed by atoms with Crippen LogP contribution in [0.2, 0.25) is 5.02 Å². The number of aromatic amines is 1. The second-order valence-electron chi connectivity index (χ2n) is 9.66. The molecule has 0 radical (unpaired) electrons. The lowest BCUT2D eigenvalue weighted by Crippen LogP contribution is -2.64. The maximum Gasteiger partial charge on any atom is 0.511 e. The van der Waals surface area contributed by atoms with E-state index >= 15 is 0 Å². The molecule has 0 unspecified atom stereocenters. The number of alkyl halides is 3. The van der Waals surface area contributed by atoms with Crippen LogP contribution >= 0.6 is 11.6 Å². The first-order valence-electron chi connectivity index (χ1n) is 11.6. The highest BCUT2D eigenvalue weighted by Gasteiger charge is 2.61. The van der Waals surface area contributed by atoms with Crippen LogP contribution in [-0.4, -0.2) is 42.2 Å². The van der Waals surface area contributed by atoms with Crippen molar-refractivity contribution in [2.75, 3.05) is 13.1 Å². The Balaban J connectivity index is 1.17. The standard InChI is InChI=1S/C24H24ClF3N4O3S/c1-2-19-21(32-12-18(25)7-8-20(32)30-19)22(33)29-11-15-3-5-16(6-4-15)17-9-23(10-17)13-31(14-23)36(34,35)24(26,27)28/h3-8,12,17H,2,9-11,13-14H2,1H3,(H,29,33)/p+1. The summed E-state index contributed by atoms with van der Waals surface area (Å²) < 4.78 is 63.4. The fraction of sp³-hybridized carbons (Fsp3) is 0.417. The van der Waals surface area contributed by atoms with Crippen LogP contribution in [0.1, 0.15) is 53.0 Å².